The Bertz CT molecular complexity index is 961. The lowest BCUT2D eigenvalue weighted by molar-refractivity contribution is 0.0166. The summed E-state index contributed by atoms with van der Waals surface area (Å²) < 4.78 is 22.5. The molecule has 6 nitrogen and oxygen atoms in total. The SMILES string of the molecule is O=C(NCCCOCC1CCCO1)c1ccc(COc2ccc3ccccc3c2)o1. The molecule has 1 unspecified atom stereocenters. The maximum absolute atomic E-state index is 12.2. The average Bonchev–Trinajstić information content (AvgIpc) is 3.46. The molecule has 30 heavy (non-hydrogen) atoms. The van der Waals surface area contributed by atoms with E-state index in [1.165, 1.54) is 5.39 Å². The normalized spacial score (nSPS) is 16.1. The summed E-state index contributed by atoms with van der Waals surface area (Å²) >= 11 is 0. The van der Waals surface area contributed by atoms with Crippen molar-refractivity contribution in [2.45, 2.75) is 32.0 Å². The Hall–Kier alpha value is -2.83. The molecule has 158 valence electrons. The Labute approximate surface area is 176 Å². The second kappa shape index (κ2) is 10.3. The molecule has 3 aromatic rings. The standard InChI is InChI=1S/C24H27NO5/c26-24(25-12-4-13-27-16-21-7-3-14-28-21)23-11-10-22(30-23)17-29-20-9-8-18-5-1-2-6-19(18)15-20/h1-2,5-6,8-11,15,21H,3-4,7,12-14,16-17H2,(H,25,26). The largest absolute Gasteiger partial charge is 0.486 e. The number of carbonyl (C=O) groups excluding carboxylic acids is 1. The first-order valence-corrected chi connectivity index (χ1v) is 10.5. The van der Waals surface area contributed by atoms with Crippen LogP contribution < -0.4 is 10.1 Å². The van der Waals surface area contributed by atoms with E-state index >= 15 is 0 Å². The highest BCUT2D eigenvalue weighted by atomic mass is 16.5. The Balaban J connectivity index is 1.17. The zero-order valence-corrected chi connectivity index (χ0v) is 17.0. The van der Waals surface area contributed by atoms with Crippen LogP contribution in [0.2, 0.25) is 0 Å². The van der Waals surface area contributed by atoms with Crippen LogP contribution in [0.3, 0.4) is 0 Å². The van der Waals surface area contributed by atoms with Crippen molar-refractivity contribution in [2.75, 3.05) is 26.4 Å². The van der Waals surface area contributed by atoms with Gasteiger partial charge in [0.25, 0.3) is 5.91 Å². The molecule has 0 saturated carbocycles. The van der Waals surface area contributed by atoms with Crippen LogP contribution >= 0.6 is 0 Å². The third kappa shape index (κ3) is 5.62. The maximum atomic E-state index is 12.2. The minimum Gasteiger partial charge on any atom is -0.486 e. The number of hydrogen-bond acceptors (Lipinski definition) is 5. The Morgan fingerprint density at radius 1 is 1.10 bits per heavy atom. The van der Waals surface area contributed by atoms with Crippen LogP contribution in [0.4, 0.5) is 0 Å². The Kier molecular flexibility index (Phi) is 7.00. The van der Waals surface area contributed by atoms with Gasteiger partial charge in [-0.1, -0.05) is 30.3 Å². The van der Waals surface area contributed by atoms with Crippen LogP contribution in [-0.2, 0) is 16.1 Å². The summed E-state index contributed by atoms with van der Waals surface area (Å²) in [5, 5.41) is 5.14. The smallest absolute Gasteiger partial charge is 0.286 e. The van der Waals surface area contributed by atoms with Crippen molar-refractivity contribution < 1.29 is 23.4 Å². The van der Waals surface area contributed by atoms with E-state index in [1.807, 2.05) is 36.4 Å². The average molecular weight is 409 g/mol. The van der Waals surface area contributed by atoms with Crippen LogP contribution in [0.1, 0.15) is 35.6 Å². The Morgan fingerprint density at radius 2 is 2.00 bits per heavy atom. The van der Waals surface area contributed by atoms with E-state index in [0.717, 1.165) is 37.0 Å². The van der Waals surface area contributed by atoms with Crippen LogP contribution in [0, 0.1) is 0 Å². The summed E-state index contributed by atoms with van der Waals surface area (Å²) in [5.41, 5.74) is 0. The lowest BCUT2D eigenvalue weighted by atomic mass is 10.1. The van der Waals surface area contributed by atoms with Gasteiger partial charge in [0.05, 0.1) is 12.7 Å². The van der Waals surface area contributed by atoms with Gasteiger partial charge in [-0.25, -0.2) is 0 Å². The monoisotopic (exact) mass is 409 g/mol. The number of carbonyl (C=O) groups is 1. The third-order valence-electron chi connectivity index (χ3n) is 5.07. The van der Waals surface area contributed by atoms with Gasteiger partial charge in [-0.3, -0.25) is 4.79 Å². The van der Waals surface area contributed by atoms with Gasteiger partial charge in [-0.15, -0.1) is 0 Å². The minimum absolute atomic E-state index is 0.230. The molecule has 1 N–H and O–H groups in total. The van der Waals surface area contributed by atoms with E-state index in [9.17, 15) is 4.79 Å². The fourth-order valence-electron chi connectivity index (χ4n) is 3.44. The second-order valence-electron chi connectivity index (χ2n) is 7.38. The lowest BCUT2D eigenvalue weighted by Crippen LogP contribution is -2.25. The molecule has 0 radical (unpaired) electrons. The fourth-order valence-corrected chi connectivity index (χ4v) is 3.44. The van der Waals surface area contributed by atoms with Gasteiger partial charge in [0.15, 0.2) is 5.76 Å². The molecule has 1 aromatic heterocycles. The topological polar surface area (TPSA) is 69.9 Å². The summed E-state index contributed by atoms with van der Waals surface area (Å²) in [6.07, 6.45) is 3.17. The van der Waals surface area contributed by atoms with Crippen molar-refractivity contribution in [3.05, 3.63) is 66.1 Å². The summed E-state index contributed by atoms with van der Waals surface area (Å²) in [6.45, 7) is 2.87. The van der Waals surface area contributed by atoms with Gasteiger partial charge in [0, 0.05) is 19.8 Å². The van der Waals surface area contributed by atoms with E-state index in [-0.39, 0.29) is 24.4 Å². The van der Waals surface area contributed by atoms with Gasteiger partial charge in [0.1, 0.15) is 18.1 Å². The molecule has 6 heteroatoms. The molecule has 0 bridgehead atoms. The zero-order chi connectivity index (χ0) is 20.6. The summed E-state index contributed by atoms with van der Waals surface area (Å²) in [5.74, 6) is 1.42. The summed E-state index contributed by atoms with van der Waals surface area (Å²) in [6, 6.07) is 17.5. The number of ether oxygens (including phenoxy) is 3. The molecule has 2 heterocycles. The molecular weight excluding hydrogens is 382 g/mol. The molecule has 2 aromatic carbocycles. The highest BCUT2D eigenvalue weighted by Gasteiger charge is 2.15. The number of furan rings is 1. The number of nitrogens with one attached hydrogen (secondary N) is 1. The highest BCUT2D eigenvalue weighted by molar-refractivity contribution is 5.91. The van der Waals surface area contributed by atoms with Crippen molar-refractivity contribution in [3.63, 3.8) is 0 Å². The predicted molar refractivity (Wildman–Crippen MR) is 114 cm³/mol. The van der Waals surface area contributed by atoms with Crippen molar-refractivity contribution in [2.24, 2.45) is 0 Å². The van der Waals surface area contributed by atoms with E-state index in [0.29, 0.717) is 25.5 Å². The number of rotatable bonds is 10. The van der Waals surface area contributed by atoms with Gasteiger partial charge < -0.3 is 23.9 Å². The molecule has 1 aliphatic rings. The van der Waals surface area contributed by atoms with Crippen molar-refractivity contribution in [1.29, 1.82) is 0 Å². The molecule has 1 amide bonds. The maximum Gasteiger partial charge on any atom is 0.286 e. The summed E-state index contributed by atoms with van der Waals surface area (Å²) in [4.78, 5) is 12.2. The Morgan fingerprint density at radius 3 is 2.87 bits per heavy atom. The molecule has 1 atom stereocenters. The first kappa shape index (κ1) is 20.4. The van der Waals surface area contributed by atoms with Crippen molar-refractivity contribution >= 4 is 16.7 Å². The third-order valence-corrected chi connectivity index (χ3v) is 5.07. The molecule has 1 fully saturated rings. The van der Waals surface area contributed by atoms with Crippen LogP contribution in [-0.4, -0.2) is 38.4 Å². The van der Waals surface area contributed by atoms with E-state index in [1.54, 1.807) is 12.1 Å². The molecule has 0 spiro atoms. The number of benzene rings is 2. The van der Waals surface area contributed by atoms with Gasteiger partial charge in [0.2, 0.25) is 0 Å². The van der Waals surface area contributed by atoms with Gasteiger partial charge in [-0.2, -0.15) is 0 Å². The molecule has 4 rings (SSSR count). The van der Waals surface area contributed by atoms with Crippen LogP contribution in [0.25, 0.3) is 10.8 Å². The van der Waals surface area contributed by atoms with Crippen LogP contribution in [0.15, 0.2) is 59.0 Å². The number of fused-ring (bicyclic) bond motifs is 1. The quantitative estimate of drug-likeness (QED) is 0.505. The van der Waals surface area contributed by atoms with E-state index in [4.69, 9.17) is 18.6 Å². The first-order chi connectivity index (χ1) is 14.8. The van der Waals surface area contributed by atoms with Crippen molar-refractivity contribution in [1.82, 2.24) is 5.32 Å². The number of hydrogen-bond donors (Lipinski definition) is 1. The second-order valence-corrected chi connectivity index (χ2v) is 7.38. The number of amides is 1. The first-order valence-electron chi connectivity index (χ1n) is 10.5. The lowest BCUT2D eigenvalue weighted by Gasteiger charge is -2.10. The summed E-state index contributed by atoms with van der Waals surface area (Å²) in [7, 11) is 0. The molecule has 1 saturated heterocycles. The van der Waals surface area contributed by atoms with Gasteiger partial charge in [-0.05, 0) is 54.3 Å². The zero-order valence-electron chi connectivity index (χ0n) is 17.0. The predicted octanol–water partition coefficient (Wildman–Crippen LogP) is 4.33. The minimum atomic E-state index is -0.230. The fraction of sp³-hybridized carbons (Fsp3) is 0.375. The molecule has 1 aliphatic heterocycles. The van der Waals surface area contributed by atoms with E-state index in [2.05, 4.69) is 11.4 Å². The van der Waals surface area contributed by atoms with Gasteiger partial charge >= 0.3 is 0 Å². The van der Waals surface area contributed by atoms with E-state index < -0.39 is 0 Å². The highest BCUT2D eigenvalue weighted by Crippen LogP contribution is 2.21. The van der Waals surface area contributed by atoms with Crippen molar-refractivity contribution in [3.8, 4) is 5.75 Å². The molecular formula is C24H27NO5. The molecule has 0 aliphatic carbocycles. The van der Waals surface area contributed by atoms with Crippen LogP contribution in [0.5, 0.6) is 5.75 Å².